The van der Waals surface area contributed by atoms with Crippen LogP contribution in [0.5, 0.6) is 11.5 Å². The van der Waals surface area contributed by atoms with Crippen LogP contribution in [0.3, 0.4) is 0 Å². The third-order valence-electron chi connectivity index (χ3n) is 9.32. The Morgan fingerprint density at radius 1 is 0.951 bits per heavy atom. The van der Waals surface area contributed by atoms with E-state index < -0.39 is 17.7 Å². The molecule has 0 unspecified atom stereocenters. The van der Waals surface area contributed by atoms with Crippen molar-refractivity contribution in [3.8, 4) is 11.5 Å². The number of rotatable bonds is 10. The van der Waals surface area contributed by atoms with Crippen molar-refractivity contribution in [2.24, 2.45) is 5.92 Å². The zero-order valence-corrected chi connectivity index (χ0v) is 24.3. The van der Waals surface area contributed by atoms with Crippen LogP contribution in [0.4, 0.5) is 0 Å². The van der Waals surface area contributed by atoms with Crippen LogP contribution in [0.2, 0.25) is 0 Å². The Bertz CT molecular complexity index is 1150. The number of aliphatic hydroxyl groups is 2. The molecule has 2 amide bonds. The molecule has 2 atom stereocenters. The molecule has 1 spiro atoms. The highest BCUT2D eigenvalue weighted by Crippen LogP contribution is 2.36. The summed E-state index contributed by atoms with van der Waals surface area (Å²) in [5, 5.41) is 23.4. The highest BCUT2D eigenvalue weighted by Gasteiger charge is 2.55. The predicted molar refractivity (Wildman–Crippen MR) is 157 cm³/mol. The summed E-state index contributed by atoms with van der Waals surface area (Å²) in [6, 6.07) is 14.6. The summed E-state index contributed by atoms with van der Waals surface area (Å²) in [5.41, 5.74) is 1.16. The van der Waals surface area contributed by atoms with Crippen molar-refractivity contribution in [2.75, 3.05) is 19.6 Å². The molecule has 3 aliphatic rings. The first kappa shape index (κ1) is 29.5. The summed E-state index contributed by atoms with van der Waals surface area (Å²) < 4.78 is 5.93. The molecule has 41 heavy (non-hydrogen) atoms. The third-order valence-corrected chi connectivity index (χ3v) is 9.32. The van der Waals surface area contributed by atoms with Gasteiger partial charge in [0.25, 0.3) is 0 Å². The quantitative estimate of drug-likeness (QED) is 0.397. The Morgan fingerprint density at radius 2 is 1.56 bits per heavy atom. The first-order chi connectivity index (χ1) is 19.9. The maximum absolute atomic E-state index is 13.8. The van der Waals surface area contributed by atoms with Gasteiger partial charge >= 0.3 is 0 Å². The van der Waals surface area contributed by atoms with E-state index in [4.69, 9.17) is 4.74 Å². The molecule has 1 saturated carbocycles. The van der Waals surface area contributed by atoms with E-state index in [1.807, 2.05) is 41.3 Å². The van der Waals surface area contributed by atoms with E-state index in [-0.39, 0.29) is 24.3 Å². The van der Waals surface area contributed by atoms with Gasteiger partial charge < -0.3 is 25.2 Å². The van der Waals surface area contributed by atoms with Gasteiger partial charge in [-0.3, -0.25) is 14.5 Å². The van der Waals surface area contributed by atoms with Crippen molar-refractivity contribution in [3.05, 3.63) is 59.7 Å². The van der Waals surface area contributed by atoms with Crippen LogP contribution in [0.25, 0.3) is 0 Å². The number of unbranched alkanes of at least 4 members (excludes halogenated alkanes) is 1. The fraction of sp³-hybridized carbons (Fsp3) is 0.576. The monoisotopic (exact) mass is 563 g/mol. The van der Waals surface area contributed by atoms with Crippen LogP contribution in [-0.2, 0) is 22.7 Å². The average Bonchev–Trinajstić information content (AvgIpc) is 3.01. The molecule has 8 nitrogen and oxygen atoms in total. The highest BCUT2D eigenvalue weighted by atomic mass is 16.5. The molecule has 8 heteroatoms. The van der Waals surface area contributed by atoms with Crippen LogP contribution >= 0.6 is 0 Å². The molecule has 0 bridgehead atoms. The fourth-order valence-electron chi connectivity index (χ4n) is 6.76. The second kappa shape index (κ2) is 13.4. The molecule has 3 N–H and O–H groups in total. The Hall–Kier alpha value is -2.94. The lowest BCUT2D eigenvalue weighted by atomic mass is 9.78. The number of piperazine rings is 1. The number of nitrogens with zero attached hydrogens (tertiary/aromatic N) is 2. The van der Waals surface area contributed by atoms with E-state index in [0.717, 1.165) is 67.7 Å². The molecule has 2 aromatic rings. The number of piperidine rings is 1. The molecular weight excluding hydrogens is 518 g/mol. The Balaban J connectivity index is 1.20. The average molecular weight is 564 g/mol. The Kier molecular flexibility index (Phi) is 9.63. The number of amides is 2. The van der Waals surface area contributed by atoms with Gasteiger partial charge in [-0.15, -0.1) is 0 Å². The SMILES string of the molecule is CCCCN1C(=O)[C@@H]([C@H](O)C2CCCCC2)NC(=O)C12CCN(Cc1ccc(Oc3ccc(CO)cc3)cc1)CC2. The maximum Gasteiger partial charge on any atom is 0.248 e. The fourth-order valence-corrected chi connectivity index (χ4v) is 6.76. The van der Waals surface area contributed by atoms with Gasteiger partial charge in [-0.1, -0.05) is 56.9 Å². The van der Waals surface area contributed by atoms with Gasteiger partial charge in [0.2, 0.25) is 11.8 Å². The normalized spacial score (nSPS) is 22.5. The minimum Gasteiger partial charge on any atom is -0.457 e. The third kappa shape index (κ3) is 6.60. The molecule has 2 aliphatic heterocycles. The van der Waals surface area contributed by atoms with Gasteiger partial charge in [0.15, 0.2) is 0 Å². The molecule has 2 heterocycles. The molecule has 3 fully saturated rings. The van der Waals surface area contributed by atoms with Gasteiger partial charge in [-0.2, -0.15) is 0 Å². The number of hydrogen-bond acceptors (Lipinski definition) is 6. The van der Waals surface area contributed by atoms with Crippen molar-refractivity contribution >= 4 is 11.8 Å². The van der Waals surface area contributed by atoms with Crippen molar-refractivity contribution in [3.63, 3.8) is 0 Å². The number of carbonyl (C=O) groups is 2. The number of ether oxygens (including phenoxy) is 1. The van der Waals surface area contributed by atoms with E-state index in [2.05, 4.69) is 29.3 Å². The van der Waals surface area contributed by atoms with Gasteiger partial charge in [0.05, 0.1) is 12.7 Å². The lowest BCUT2D eigenvalue weighted by Crippen LogP contribution is -2.75. The van der Waals surface area contributed by atoms with Gasteiger partial charge in [0, 0.05) is 26.2 Å². The number of nitrogens with one attached hydrogen (secondary N) is 1. The van der Waals surface area contributed by atoms with Crippen molar-refractivity contribution < 1.29 is 24.5 Å². The maximum atomic E-state index is 13.8. The minimum atomic E-state index is -0.838. The molecule has 0 radical (unpaired) electrons. The second-order valence-electron chi connectivity index (χ2n) is 12.0. The number of benzene rings is 2. The largest absolute Gasteiger partial charge is 0.457 e. The van der Waals surface area contributed by atoms with Crippen molar-refractivity contribution in [1.82, 2.24) is 15.1 Å². The summed E-state index contributed by atoms with van der Waals surface area (Å²) in [7, 11) is 0. The highest BCUT2D eigenvalue weighted by molar-refractivity contribution is 6.00. The van der Waals surface area contributed by atoms with Crippen LogP contribution in [0.1, 0.15) is 75.8 Å². The molecule has 222 valence electrons. The van der Waals surface area contributed by atoms with E-state index in [9.17, 15) is 19.8 Å². The summed E-state index contributed by atoms with van der Waals surface area (Å²) in [4.78, 5) is 31.7. The Morgan fingerprint density at radius 3 is 2.15 bits per heavy atom. The second-order valence-corrected chi connectivity index (χ2v) is 12.0. The number of hydrogen-bond donors (Lipinski definition) is 3. The lowest BCUT2D eigenvalue weighted by Gasteiger charge is -2.52. The van der Waals surface area contributed by atoms with Gasteiger partial charge in [-0.25, -0.2) is 0 Å². The minimum absolute atomic E-state index is 0.00835. The lowest BCUT2D eigenvalue weighted by molar-refractivity contribution is -0.166. The van der Waals surface area contributed by atoms with Gasteiger partial charge in [0.1, 0.15) is 23.1 Å². The number of aliphatic hydroxyl groups excluding tert-OH is 2. The molecule has 0 aromatic heterocycles. The van der Waals surface area contributed by atoms with E-state index in [1.54, 1.807) is 0 Å². The van der Waals surface area contributed by atoms with Crippen LogP contribution in [0.15, 0.2) is 48.5 Å². The van der Waals surface area contributed by atoms with Crippen molar-refractivity contribution in [2.45, 2.75) is 95.5 Å². The Labute approximate surface area is 243 Å². The molecule has 2 saturated heterocycles. The topological polar surface area (TPSA) is 102 Å². The van der Waals surface area contributed by atoms with E-state index in [0.29, 0.717) is 32.5 Å². The van der Waals surface area contributed by atoms with E-state index >= 15 is 0 Å². The number of carbonyl (C=O) groups excluding carboxylic acids is 2. The molecule has 5 rings (SSSR count). The van der Waals surface area contributed by atoms with E-state index in [1.165, 1.54) is 6.42 Å². The van der Waals surface area contributed by atoms with Crippen LogP contribution in [-0.4, -0.2) is 69.1 Å². The molecule has 2 aromatic carbocycles. The zero-order chi connectivity index (χ0) is 28.8. The summed E-state index contributed by atoms with van der Waals surface area (Å²) in [6.07, 6.45) is 7.30. The summed E-state index contributed by atoms with van der Waals surface area (Å²) in [5.74, 6) is 1.34. The van der Waals surface area contributed by atoms with Crippen molar-refractivity contribution in [1.29, 1.82) is 0 Å². The number of likely N-dealkylation sites (tertiary alicyclic amines) is 1. The first-order valence-electron chi connectivity index (χ1n) is 15.4. The van der Waals surface area contributed by atoms with Crippen LogP contribution < -0.4 is 10.1 Å². The smallest absolute Gasteiger partial charge is 0.248 e. The standard InChI is InChI=1S/C33H45N3O5/c1-2-3-19-36-31(39)29(30(38)26-7-5-4-6-8-26)34-32(40)33(36)17-20-35(21-18-33)22-24-9-13-27(14-10-24)41-28-15-11-25(23-37)12-16-28/h9-16,26,29-30,37-38H,2-8,17-23H2,1H3,(H,34,40)/t29-,30-/m1/s1. The summed E-state index contributed by atoms with van der Waals surface area (Å²) >= 11 is 0. The van der Waals surface area contributed by atoms with Gasteiger partial charge in [-0.05, 0) is 73.4 Å². The molecular formula is C33H45N3O5. The predicted octanol–water partition coefficient (Wildman–Crippen LogP) is 4.37. The van der Waals surface area contributed by atoms with Crippen LogP contribution in [0, 0.1) is 5.92 Å². The summed E-state index contributed by atoms with van der Waals surface area (Å²) in [6.45, 7) is 4.86. The molecule has 1 aliphatic carbocycles. The zero-order valence-electron chi connectivity index (χ0n) is 24.3. The first-order valence-corrected chi connectivity index (χ1v) is 15.4.